The second kappa shape index (κ2) is 9.22. The summed E-state index contributed by atoms with van der Waals surface area (Å²) in [5.41, 5.74) is 8.14. The van der Waals surface area contributed by atoms with Crippen LogP contribution < -0.4 is 15.2 Å². The number of ether oxygens (including phenoxy) is 1. The first kappa shape index (κ1) is 22.4. The molecule has 0 radical (unpaired) electrons. The van der Waals surface area contributed by atoms with E-state index in [0.29, 0.717) is 30.2 Å². The van der Waals surface area contributed by atoms with Crippen molar-refractivity contribution in [2.45, 2.75) is 38.6 Å². The molecule has 0 unspecified atom stereocenters. The average molecular weight is 443 g/mol. The molecular formula is C22H26N4O4S. The van der Waals surface area contributed by atoms with Crippen LogP contribution in [0, 0.1) is 13.8 Å². The number of sulfonamides is 1. The van der Waals surface area contributed by atoms with Gasteiger partial charge >= 0.3 is 0 Å². The summed E-state index contributed by atoms with van der Waals surface area (Å²) in [5.74, 6) is -0.498. The second-order valence-electron chi connectivity index (χ2n) is 7.17. The topological polar surface area (TPSA) is 116 Å². The molecule has 3 aromatic rings. The number of primary amides is 1. The average Bonchev–Trinajstić information content (AvgIpc) is 2.99. The van der Waals surface area contributed by atoms with E-state index in [1.54, 1.807) is 18.5 Å². The fourth-order valence-electron chi connectivity index (χ4n) is 3.15. The maximum atomic E-state index is 13.0. The molecule has 0 aliphatic rings. The lowest BCUT2D eigenvalue weighted by atomic mass is 10.2. The van der Waals surface area contributed by atoms with Crippen LogP contribution in [0.2, 0.25) is 0 Å². The van der Waals surface area contributed by atoms with E-state index in [2.05, 4.69) is 9.82 Å². The third-order valence-corrected chi connectivity index (χ3v) is 6.13. The first-order chi connectivity index (χ1) is 14.7. The zero-order chi connectivity index (χ0) is 22.6. The van der Waals surface area contributed by atoms with Gasteiger partial charge in [0.25, 0.3) is 15.9 Å². The number of aromatic nitrogens is 2. The first-order valence-electron chi connectivity index (χ1n) is 9.90. The highest BCUT2D eigenvalue weighted by Crippen LogP contribution is 2.27. The van der Waals surface area contributed by atoms with Gasteiger partial charge in [0, 0.05) is 0 Å². The maximum absolute atomic E-state index is 13.0. The van der Waals surface area contributed by atoms with Crippen molar-refractivity contribution in [3.05, 3.63) is 71.0 Å². The van der Waals surface area contributed by atoms with Crippen LogP contribution in [0.1, 0.15) is 40.7 Å². The normalized spacial score (nSPS) is 11.3. The van der Waals surface area contributed by atoms with Gasteiger partial charge < -0.3 is 10.5 Å². The number of carbonyl (C=O) groups excluding carboxylic acids is 1. The highest BCUT2D eigenvalue weighted by molar-refractivity contribution is 7.92. The van der Waals surface area contributed by atoms with E-state index in [4.69, 9.17) is 10.5 Å². The number of rotatable bonds is 9. The van der Waals surface area contributed by atoms with Crippen LogP contribution in [0.15, 0.2) is 53.4 Å². The first-order valence-corrected chi connectivity index (χ1v) is 11.4. The lowest BCUT2D eigenvalue weighted by molar-refractivity contribution is 0.0996. The van der Waals surface area contributed by atoms with Crippen molar-refractivity contribution in [1.29, 1.82) is 0 Å². The number of anilines is 1. The number of nitrogens with two attached hydrogens (primary N) is 1. The molecule has 0 fully saturated rings. The van der Waals surface area contributed by atoms with E-state index < -0.39 is 15.9 Å². The Morgan fingerprint density at radius 2 is 1.87 bits per heavy atom. The van der Waals surface area contributed by atoms with Crippen LogP contribution in [-0.4, -0.2) is 30.7 Å². The largest absolute Gasteiger partial charge is 0.493 e. The van der Waals surface area contributed by atoms with E-state index in [1.165, 1.54) is 18.2 Å². The van der Waals surface area contributed by atoms with Crippen LogP contribution in [0.25, 0.3) is 0 Å². The second-order valence-corrected chi connectivity index (χ2v) is 8.85. The molecule has 1 amide bonds. The van der Waals surface area contributed by atoms with Gasteiger partial charge in [0.15, 0.2) is 0 Å². The molecule has 31 heavy (non-hydrogen) atoms. The summed E-state index contributed by atoms with van der Waals surface area (Å²) >= 11 is 0. The summed E-state index contributed by atoms with van der Waals surface area (Å²) in [4.78, 5) is 11.7. The lowest BCUT2D eigenvalue weighted by Gasteiger charge is -2.13. The van der Waals surface area contributed by atoms with Gasteiger partial charge in [0.1, 0.15) is 5.75 Å². The Morgan fingerprint density at radius 3 is 2.52 bits per heavy atom. The smallest absolute Gasteiger partial charge is 0.262 e. The SMILES string of the molecule is CCCOc1ccc(S(=O)(=O)Nc2c(C)nn(Cc3ccccc3)c2C)cc1C(N)=O. The van der Waals surface area contributed by atoms with Crippen LogP contribution in [0.3, 0.4) is 0 Å². The minimum Gasteiger partial charge on any atom is -0.493 e. The summed E-state index contributed by atoms with van der Waals surface area (Å²) in [6.45, 7) is 6.38. The van der Waals surface area contributed by atoms with Gasteiger partial charge in [-0.3, -0.25) is 14.2 Å². The van der Waals surface area contributed by atoms with Crippen LogP contribution in [0.5, 0.6) is 5.75 Å². The molecule has 1 heterocycles. The molecule has 0 spiro atoms. The Kier molecular flexibility index (Phi) is 6.65. The summed E-state index contributed by atoms with van der Waals surface area (Å²) < 4.78 is 35.9. The number of hydrogen-bond donors (Lipinski definition) is 2. The van der Waals surface area contributed by atoms with Crippen molar-refractivity contribution in [1.82, 2.24) is 9.78 Å². The summed E-state index contributed by atoms with van der Waals surface area (Å²) in [6, 6.07) is 13.8. The van der Waals surface area contributed by atoms with Gasteiger partial charge in [-0.25, -0.2) is 8.42 Å². The van der Waals surface area contributed by atoms with Crippen LogP contribution in [-0.2, 0) is 16.6 Å². The predicted molar refractivity (Wildman–Crippen MR) is 119 cm³/mol. The number of carbonyl (C=O) groups is 1. The Balaban J connectivity index is 1.90. The van der Waals surface area contributed by atoms with E-state index in [0.717, 1.165) is 12.0 Å². The molecule has 1 aromatic heterocycles. The fourth-order valence-corrected chi connectivity index (χ4v) is 4.36. The number of nitrogens with zero attached hydrogens (tertiary/aromatic N) is 2. The van der Waals surface area contributed by atoms with E-state index in [9.17, 15) is 13.2 Å². The Morgan fingerprint density at radius 1 is 1.16 bits per heavy atom. The molecule has 2 aromatic carbocycles. The number of hydrogen-bond acceptors (Lipinski definition) is 5. The van der Waals surface area contributed by atoms with Gasteiger partial charge in [-0.1, -0.05) is 37.3 Å². The maximum Gasteiger partial charge on any atom is 0.262 e. The van der Waals surface area contributed by atoms with Crippen molar-refractivity contribution in [2.24, 2.45) is 5.73 Å². The molecule has 0 saturated heterocycles. The van der Waals surface area contributed by atoms with Gasteiger partial charge in [0.2, 0.25) is 0 Å². The molecule has 0 atom stereocenters. The van der Waals surface area contributed by atoms with Crippen molar-refractivity contribution in [2.75, 3.05) is 11.3 Å². The number of benzene rings is 2. The summed E-state index contributed by atoms with van der Waals surface area (Å²) in [6.07, 6.45) is 0.741. The van der Waals surface area contributed by atoms with Crippen LogP contribution in [0.4, 0.5) is 5.69 Å². The number of amides is 1. The van der Waals surface area contributed by atoms with E-state index >= 15 is 0 Å². The Bertz CT molecular complexity index is 1190. The Labute approximate surface area is 182 Å². The third-order valence-electron chi connectivity index (χ3n) is 4.78. The van der Waals surface area contributed by atoms with Crippen molar-refractivity contribution < 1.29 is 17.9 Å². The zero-order valence-corrected chi connectivity index (χ0v) is 18.6. The fraction of sp³-hybridized carbons (Fsp3) is 0.273. The third kappa shape index (κ3) is 5.05. The van der Waals surface area contributed by atoms with E-state index in [1.807, 2.05) is 37.3 Å². The van der Waals surface area contributed by atoms with Gasteiger partial charge in [-0.2, -0.15) is 5.10 Å². The van der Waals surface area contributed by atoms with Crippen molar-refractivity contribution in [3.63, 3.8) is 0 Å². The molecule has 0 aliphatic heterocycles. The summed E-state index contributed by atoms with van der Waals surface area (Å²) in [7, 11) is -3.98. The highest BCUT2D eigenvalue weighted by Gasteiger charge is 2.22. The van der Waals surface area contributed by atoms with Gasteiger partial charge in [-0.05, 0) is 44.0 Å². The molecule has 3 rings (SSSR count). The van der Waals surface area contributed by atoms with Crippen LogP contribution >= 0.6 is 0 Å². The van der Waals surface area contributed by atoms with Gasteiger partial charge in [0.05, 0.1) is 40.7 Å². The highest BCUT2D eigenvalue weighted by atomic mass is 32.2. The minimum atomic E-state index is -3.98. The molecular weight excluding hydrogens is 416 g/mol. The molecule has 0 saturated carbocycles. The summed E-state index contributed by atoms with van der Waals surface area (Å²) in [5, 5.41) is 4.47. The quantitative estimate of drug-likeness (QED) is 0.528. The molecule has 0 bridgehead atoms. The standard InChI is InChI=1S/C22H26N4O4S/c1-4-12-30-20-11-10-18(13-19(20)22(23)27)31(28,29)25-21-15(2)24-26(16(21)3)14-17-8-6-5-7-9-17/h5-11,13,25H,4,12,14H2,1-3H3,(H2,23,27). The number of nitrogens with one attached hydrogen (secondary N) is 1. The molecule has 3 N–H and O–H groups in total. The van der Waals surface area contributed by atoms with E-state index in [-0.39, 0.29) is 16.2 Å². The van der Waals surface area contributed by atoms with Gasteiger partial charge in [-0.15, -0.1) is 0 Å². The zero-order valence-electron chi connectivity index (χ0n) is 17.8. The predicted octanol–water partition coefficient (Wildman–Crippen LogP) is 3.24. The number of aryl methyl sites for hydroxylation is 1. The molecule has 0 aliphatic carbocycles. The minimum absolute atomic E-state index is 0.0181. The molecule has 8 nitrogen and oxygen atoms in total. The Hall–Kier alpha value is -3.33. The van der Waals surface area contributed by atoms with Crippen molar-refractivity contribution in [3.8, 4) is 5.75 Å². The lowest BCUT2D eigenvalue weighted by Crippen LogP contribution is -2.18. The molecule has 9 heteroatoms. The molecule has 164 valence electrons. The monoisotopic (exact) mass is 442 g/mol. The van der Waals surface area contributed by atoms with Crippen molar-refractivity contribution >= 4 is 21.6 Å².